The Kier molecular flexibility index (Phi) is 5.22. The van der Waals surface area contributed by atoms with Crippen molar-refractivity contribution in [2.24, 2.45) is 0 Å². The molecule has 0 aliphatic rings. The van der Waals surface area contributed by atoms with Crippen LogP contribution in [0, 0.1) is 13.8 Å². The smallest absolute Gasteiger partial charge is 0.374 e. The van der Waals surface area contributed by atoms with E-state index in [4.69, 9.17) is 13.9 Å². The number of furan rings is 1. The molecule has 7 heteroatoms. The van der Waals surface area contributed by atoms with Crippen LogP contribution in [0.2, 0.25) is 0 Å². The van der Waals surface area contributed by atoms with E-state index >= 15 is 0 Å². The van der Waals surface area contributed by atoms with Gasteiger partial charge in [0, 0.05) is 22.0 Å². The van der Waals surface area contributed by atoms with E-state index in [9.17, 15) is 4.79 Å². The van der Waals surface area contributed by atoms with Crippen molar-refractivity contribution in [3.05, 3.63) is 70.4 Å². The number of aromatic nitrogens is 1. The molecule has 4 rings (SSSR count). The van der Waals surface area contributed by atoms with Gasteiger partial charge >= 0.3 is 5.97 Å². The van der Waals surface area contributed by atoms with E-state index in [0.29, 0.717) is 17.0 Å². The molecule has 148 valence electrons. The molecule has 0 fully saturated rings. The molecule has 4 aromatic rings. The largest absolute Gasteiger partial charge is 0.497 e. The number of hydrogen-bond donors (Lipinski definition) is 1. The summed E-state index contributed by atoms with van der Waals surface area (Å²) in [6.45, 7) is 3.94. The zero-order valence-corrected chi connectivity index (χ0v) is 17.1. The fourth-order valence-corrected chi connectivity index (χ4v) is 3.63. The highest BCUT2D eigenvalue weighted by molar-refractivity contribution is 7.13. The lowest BCUT2D eigenvalue weighted by molar-refractivity contribution is 0.0433. The number of fused-ring (bicyclic) bond motifs is 1. The van der Waals surface area contributed by atoms with Gasteiger partial charge in [0.2, 0.25) is 5.76 Å². The first-order valence-electron chi connectivity index (χ1n) is 9.06. The van der Waals surface area contributed by atoms with E-state index in [2.05, 4.69) is 10.3 Å². The van der Waals surface area contributed by atoms with Crippen molar-refractivity contribution < 1.29 is 18.7 Å². The van der Waals surface area contributed by atoms with Crippen LogP contribution in [-0.2, 0) is 11.3 Å². The number of nitrogens with zero attached hydrogens (tertiary/aromatic N) is 1. The molecule has 0 atom stereocenters. The van der Waals surface area contributed by atoms with Gasteiger partial charge in [0.25, 0.3) is 0 Å². The molecule has 0 spiro atoms. The van der Waals surface area contributed by atoms with Crippen molar-refractivity contribution in [1.82, 2.24) is 4.98 Å². The van der Waals surface area contributed by atoms with E-state index in [1.807, 2.05) is 49.6 Å². The number of carbonyl (C=O) groups is 1. The van der Waals surface area contributed by atoms with Crippen molar-refractivity contribution >= 4 is 39.1 Å². The number of aryl methyl sites for hydroxylation is 2. The van der Waals surface area contributed by atoms with Crippen molar-refractivity contribution in [3.8, 4) is 5.75 Å². The standard InChI is InChI=1S/C22H20N2O4S/c1-13-4-6-15(7-5-13)23-22-24-16(12-29-22)11-27-21(25)20-14(2)18-10-17(26-3)8-9-19(18)28-20/h4-10,12H,11H2,1-3H3,(H,23,24). The minimum atomic E-state index is -0.515. The van der Waals surface area contributed by atoms with E-state index in [0.717, 1.165) is 21.8 Å². The Balaban J connectivity index is 1.42. The van der Waals surface area contributed by atoms with Crippen molar-refractivity contribution in [3.63, 3.8) is 0 Å². The maximum Gasteiger partial charge on any atom is 0.374 e. The number of benzene rings is 2. The van der Waals surface area contributed by atoms with Gasteiger partial charge < -0.3 is 19.2 Å². The predicted octanol–water partition coefficient (Wildman–Crippen LogP) is 5.62. The molecule has 0 saturated heterocycles. The first-order chi connectivity index (χ1) is 14.0. The lowest BCUT2D eigenvalue weighted by Crippen LogP contribution is -2.05. The minimum Gasteiger partial charge on any atom is -0.497 e. The van der Waals surface area contributed by atoms with Crippen LogP contribution in [-0.4, -0.2) is 18.1 Å². The zero-order chi connectivity index (χ0) is 20.4. The van der Waals surface area contributed by atoms with E-state index in [1.165, 1.54) is 16.9 Å². The second-order valence-electron chi connectivity index (χ2n) is 6.63. The van der Waals surface area contributed by atoms with Crippen molar-refractivity contribution in [2.75, 3.05) is 12.4 Å². The molecule has 29 heavy (non-hydrogen) atoms. The fraction of sp³-hybridized carbons (Fsp3) is 0.182. The van der Waals surface area contributed by atoms with E-state index in [-0.39, 0.29) is 12.4 Å². The van der Waals surface area contributed by atoms with Crippen LogP contribution in [0.25, 0.3) is 11.0 Å². The Hall–Kier alpha value is -3.32. The van der Waals surface area contributed by atoms with Gasteiger partial charge in [-0.15, -0.1) is 11.3 Å². The molecule has 0 aliphatic carbocycles. The lowest BCUT2D eigenvalue weighted by Gasteiger charge is -2.03. The molecule has 1 N–H and O–H groups in total. The van der Waals surface area contributed by atoms with Gasteiger partial charge in [-0.2, -0.15) is 0 Å². The average molecular weight is 408 g/mol. The third-order valence-electron chi connectivity index (χ3n) is 4.53. The summed E-state index contributed by atoms with van der Waals surface area (Å²) in [6.07, 6.45) is 0. The molecule has 0 amide bonds. The van der Waals surface area contributed by atoms with E-state index in [1.54, 1.807) is 19.2 Å². The summed E-state index contributed by atoms with van der Waals surface area (Å²) in [5.74, 6) is 0.387. The van der Waals surface area contributed by atoms with Crippen LogP contribution in [0.3, 0.4) is 0 Å². The summed E-state index contributed by atoms with van der Waals surface area (Å²) in [5.41, 5.74) is 4.18. The number of ether oxygens (including phenoxy) is 2. The molecule has 0 saturated carbocycles. The van der Waals surface area contributed by atoms with Crippen LogP contribution >= 0.6 is 11.3 Å². The number of esters is 1. The lowest BCUT2D eigenvalue weighted by atomic mass is 10.1. The molecular formula is C22H20N2O4S. The summed E-state index contributed by atoms with van der Waals surface area (Å²) >= 11 is 1.46. The van der Waals surface area contributed by atoms with Crippen molar-refractivity contribution in [2.45, 2.75) is 20.5 Å². The second-order valence-corrected chi connectivity index (χ2v) is 7.49. The maximum atomic E-state index is 12.5. The molecule has 0 unspecified atom stereocenters. The summed E-state index contributed by atoms with van der Waals surface area (Å²) in [6, 6.07) is 13.5. The second kappa shape index (κ2) is 7.97. The third-order valence-corrected chi connectivity index (χ3v) is 5.34. The summed E-state index contributed by atoms with van der Waals surface area (Å²) in [4.78, 5) is 17.0. The van der Waals surface area contributed by atoms with Gasteiger partial charge in [-0.05, 0) is 44.2 Å². The van der Waals surface area contributed by atoms with E-state index < -0.39 is 5.97 Å². The monoisotopic (exact) mass is 408 g/mol. The highest BCUT2D eigenvalue weighted by atomic mass is 32.1. The molecule has 0 aliphatic heterocycles. The Morgan fingerprint density at radius 1 is 1.17 bits per heavy atom. The predicted molar refractivity (Wildman–Crippen MR) is 113 cm³/mol. The molecule has 0 radical (unpaired) electrons. The third kappa shape index (κ3) is 4.09. The average Bonchev–Trinajstić information content (AvgIpc) is 3.32. The van der Waals surface area contributed by atoms with Crippen molar-refractivity contribution in [1.29, 1.82) is 0 Å². The Labute approximate surface area is 172 Å². The number of anilines is 2. The highest BCUT2D eigenvalue weighted by Crippen LogP contribution is 2.29. The van der Waals surface area contributed by atoms with Crippen LogP contribution in [0.5, 0.6) is 5.75 Å². The van der Waals surface area contributed by atoms with Crippen LogP contribution in [0.4, 0.5) is 10.8 Å². The first-order valence-corrected chi connectivity index (χ1v) is 9.94. The number of rotatable bonds is 6. The number of hydrogen-bond acceptors (Lipinski definition) is 7. The Morgan fingerprint density at radius 2 is 1.97 bits per heavy atom. The minimum absolute atomic E-state index is 0.0741. The van der Waals surface area contributed by atoms with Crippen LogP contribution in [0.15, 0.2) is 52.3 Å². The Bertz CT molecular complexity index is 1160. The fourth-order valence-electron chi connectivity index (χ4n) is 2.92. The normalized spacial score (nSPS) is 10.9. The van der Waals surface area contributed by atoms with Gasteiger partial charge in [0.1, 0.15) is 17.9 Å². The maximum absolute atomic E-state index is 12.5. The van der Waals surface area contributed by atoms with Gasteiger partial charge in [-0.25, -0.2) is 9.78 Å². The molecule has 2 aromatic heterocycles. The molecule has 6 nitrogen and oxygen atoms in total. The SMILES string of the molecule is COc1ccc2oc(C(=O)OCc3csc(Nc4ccc(C)cc4)n3)c(C)c2c1. The van der Waals surface area contributed by atoms with Gasteiger partial charge in [0.15, 0.2) is 5.13 Å². The highest BCUT2D eigenvalue weighted by Gasteiger charge is 2.20. The summed E-state index contributed by atoms with van der Waals surface area (Å²) < 4.78 is 16.3. The zero-order valence-electron chi connectivity index (χ0n) is 16.3. The van der Waals surface area contributed by atoms with Gasteiger partial charge in [-0.3, -0.25) is 0 Å². The summed E-state index contributed by atoms with van der Waals surface area (Å²) in [5, 5.41) is 6.68. The van der Waals surface area contributed by atoms with Gasteiger partial charge in [0.05, 0.1) is 12.8 Å². The Morgan fingerprint density at radius 3 is 2.72 bits per heavy atom. The number of nitrogens with one attached hydrogen (secondary N) is 1. The van der Waals surface area contributed by atoms with Crippen LogP contribution in [0.1, 0.15) is 27.4 Å². The molecular weight excluding hydrogens is 388 g/mol. The molecule has 2 heterocycles. The molecule has 2 aromatic carbocycles. The molecule has 0 bridgehead atoms. The quantitative estimate of drug-likeness (QED) is 0.418. The topological polar surface area (TPSA) is 73.6 Å². The van der Waals surface area contributed by atoms with Gasteiger partial charge in [-0.1, -0.05) is 17.7 Å². The first kappa shape index (κ1) is 19.0. The summed E-state index contributed by atoms with van der Waals surface area (Å²) in [7, 11) is 1.60. The number of methoxy groups -OCH3 is 1. The number of thiazole rings is 1. The van der Waals surface area contributed by atoms with Crippen LogP contribution < -0.4 is 10.1 Å². The number of carbonyl (C=O) groups excluding carboxylic acids is 1.